The summed E-state index contributed by atoms with van der Waals surface area (Å²) < 4.78 is -0.395. The molecule has 5 heteroatoms. The van der Waals surface area contributed by atoms with E-state index in [1.54, 1.807) is 0 Å². The number of rotatable bonds is 1. The Morgan fingerprint density at radius 3 is 2.55 bits per heavy atom. The van der Waals surface area contributed by atoms with Crippen LogP contribution in [-0.4, -0.2) is 54.7 Å². The summed E-state index contributed by atoms with van der Waals surface area (Å²) >= 11 is 4.89. The van der Waals surface area contributed by atoms with Crippen LogP contribution in [0.3, 0.4) is 0 Å². The summed E-state index contributed by atoms with van der Waals surface area (Å²) in [5.41, 5.74) is 0. The number of likely N-dealkylation sites (tertiary alicyclic amines) is 1. The van der Waals surface area contributed by atoms with E-state index in [1.807, 2.05) is 0 Å². The van der Waals surface area contributed by atoms with Gasteiger partial charge in [0.05, 0.1) is 0 Å². The standard InChI is InChI=1S/C6H5NO2.2Al/c1-7-5(8)3-2-4(3)6(7)9;;/h3H,1-2H2;;. The van der Waals surface area contributed by atoms with Crippen molar-refractivity contribution >= 4 is 44.4 Å². The Morgan fingerprint density at radius 1 is 1.64 bits per heavy atom. The lowest BCUT2D eigenvalue weighted by atomic mass is 10.3. The third-order valence-corrected chi connectivity index (χ3v) is 3.64. The number of nitrogens with zero attached hydrogens (tertiary/aromatic N) is 1. The normalized spacial score (nSPS) is 41.1. The second-order valence-corrected chi connectivity index (χ2v) is 4.45. The van der Waals surface area contributed by atoms with E-state index in [0.717, 1.165) is 6.42 Å². The number of carbonyl (C=O) groups excluding carboxylic acids is 2. The Bertz CT molecular complexity index is 255. The zero-order chi connectivity index (χ0) is 8.22. The van der Waals surface area contributed by atoms with Gasteiger partial charge in [-0.2, -0.15) is 0 Å². The van der Waals surface area contributed by atoms with E-state index in [-0.39, 0.29) is 17.7 Å². The van der Waals surface area contributed by atoms with Crippen molar-refractivity contribution in [2.75, 3.05) is 5.41 Å². The molecule has 0 bridgehead atoms. The summed E-state index contributed by atoms with van der Waals surface area (Å²) in [7, 11) is 0. The van der Waals surface area contributed by atoms with Crippen molar-refractivity contribution < 1.29 is 9.59 Å². The third kappa shape index (κ3) is 0.805. The highest BCUT2D eigenvalue weighted by Gasteiger charge is 2.66. The van der Waals surface area contributed by atoms with Crippen LogP contribution in [-0.2, 0) is 9.59 Å². The van der Waals surface area contributed by atoms with Gasteiger partial charge in [0.25, 0.3) is 0 Å². The predicted octanol–water partition coefficient (Wildman–Crippen LogP) is -1.17. The van der Waals surface area contributed by atoms with Gasteiger partial charge in [-0.1, -0.05) is 0 Å². The van der Waals surface area contributed by atoms with E-state index in [9.17, 15) is 9.59 Å². The maximum absolute atomic E-state index is 11.4. The fraction of sp³-hybridized carbons (Fsp3) is 0.667. The zero-order valence-electron chi connectivity index (χ0n) is 5.91. The van der Waals surface area contributed by atoms with E-state index in [0.29, 0.717) is 5.41 Å². The fourth-order valence-electron chi connectivity index (χ4n) is 1.54. The molecule has 0 aromatic heterocycles. The lowest BCUT2D eigenvalue weighted by Gasteiger charge is -2.16. The molecule has 3 nitrogen and oxygen atoms in total. The molecule has 4 radical (unpaired) electrons. The Labute approximate surface area is 81.0 Å². The van der Waals surface area contributed by atoms with Crippen LogP contribution in [0.25, 0.3) is 0 Å². The second kappa shape index (κ2) is 2.12. The highest BCUT2D eigenvalue weighted by Crippen LogP contribution is 2.63. The molecule has 1 heterocycles. The maximum Gasteiger partial charge on any atom is 0.230 e. The van der Waals surface area contributed by atoms with Crippen LogP contribution in [0.4, 0.5) is 0 Å². The first-order valence-electron chi connectivity index (χ1n) is 3.46. The predicted molar refractivity (Wildman–Crippen MR) is 39.0 cm³/mol. The molecule has 52 valence electrons. The summed E-state index contributed by atoms with van der Waals surface area (Å²) in [6.07, 6.45) is 0.733. The van der Waals surface area contributed by atoms with Crippen LogP contribution < -0.4 is 0 Å². The molecule has 1 saturated carbocycles. The van der Waals surface area contributed by atoms with Gasteiger partial charge in [-0.25, -0.2) is 0 Å². The summed E-state index contributed by atoms with van der Waals surface area (Å²) in [4.78, 5) is 24.0. The highest BCUT2D eigenvalue weighted by atomic mass is 27.1. The van der Waals surface area contributed by atoms with E-state index >= 15 is 0 Å². The largest absolute Gasteiger partial charge is 0.299 e. The molecular formula is C6H5Al2NO2. The third-order valence-electron chi connectivity index (χ3n) is 2.39. The molecule has 0 aromatic rings. The van der Waals surface area contributed by atoms with Gasteiger partial charge in [-0.3, -0.25) is 14.5 Å². The molecule has 2 amide bonds. The quantitative estimate of drug-likeness (QED) is 0.373. The highest BCUT2D eigenvalue weighted by molar-refractivity contribution is 6.39. The average molecular weight is 177 g/mol. The molecule has 2 rings (SSSR count). The molecule has 2 atom stereocenters. The number of carbonyl (C=O) groups is 2. The van der Waals surface area contributed by atoms with E-state index in [1.165, 1.54) is 4.90 Å². The summed E-state index contributed by atoms with van der Waals surface area (Å²) in [6.45, 7) is 0. The molecular weight excluding hydrogens is 172 g/mol. The Hall–Kier alpha value is 0.205. The first-order valence-corrected chi connectivity index (χ1v) is 4.85. The van der Waals surface area contributed by atoms with Gasteiger partial charge in [0.2, 0.25) is 11.8 Å². The van der Waals surface area contributed by atoms with Crippen LogP contribution in [0.1, 0.15) is 6.42 Å². The molecule has 11 heavy (non-hydrogen) atoms. The van der Waals surface area contributed by atoms with Gasteiger partial charge < -0.3 is 0 Å². The van der Waals surface area contributed by atoms with Gasteiger partial charge in [0.1, 0.15) is 16.3 Å². The van der Waals surface area contributed by atoms with Crippen molar-refractivity contribution in [2.45, 2.75) is 10.7 Å². The smallest absolute Gasteiger partial charge is 0.230 e. The number of imide groups is 1. The zero-order valence-corrected chi connectivity index (χ0v) is 8.22. The molecule has 0 aromatic carbocycles. The average Bonchev–Trinajstić information content (AvgIpc) is 2.60. The number of hydrogen-bond acceptors (Lipinski definition) is 2. The van der Waals surface area contributed by atoms with Gasteiger partial charge in [-0.15, -0.1) is 0 Å². The summed E-state index contributed by atoms with van der Waals surface area (Å²) in [5.74, 6) is -0.0481. The van der Waals surface area contributed by atoms with Crippen molar-refractivity contribution in [1.82, 2.24) is 4.90 Å². The number of hydrogen-bond donors (Lipinski definition) is 0. The van der Waals surface area contributed by atoms with Crippen LogP contribution in [0.15, 0.2) is 0 Å². The molecule has 2 aliphatic rings. The van der Waals surface area contributed by atoms with Crippen molar-refractivity contribution in [2.24, 2.45) is 5.92 Å². The molecule has 1 aliphatic carbocycles. The van der Waals surface area contributed by atoms with E-state index in [4.69, 9.17) is 0 Å². The van der Waals surface area contributed by atoms with Crippen LogP contribution in [0.5, 0.6) is 0 Å². The molecule has 1 saturated heterocycles. The SMILES string of the molecule is O=C1C2C[C]2([Al])C(=O)N1[CH2][Al]. The Balaban J connectivity index is 2.31. The van der Waals surface area contributed by atoms with Gasteiger partial charge >= 0.3 is 0 Å². The minimum Gasteiger partial charge on any atom is -0.299 e. The van der Waals surface area contributed by atoms with Gasteiger partial charge in [0.15, 0.2) is 16.3 Å². The fourth-order valence-corrected chi connectivity index (χ4v) is 2.42. The topological polar surface area (TPSA) is 37.4 Å². The van der Waals surface area contributed by atoms with Crippen LogP contribution in [0, 0.1) is 5.92 Å². The number of amides is 2. The van der Waals surface area contributed by atoms with Crippen molar-refractivity contribution in [3.63, 3.8) is 0 Å². The first kappa shape index (κ1) is 7.83. The van der Waals surface area contributed by atoms with Crippen LogP contribution in [0.2, 0.25) is 4.28 Å². The maximum atomic E-state index is 11.4. The van der Waals surface area contributed by atoms with Crippen molar-refractivity contribution in [3.05, 3.63) is 0 Å². The number of piperidine rings is 1. The molecule has 0 spiro atoms. The lowest BCUT2D eigenvalue weighted by Crippen LogP contribution is -2.34. The number of fused-ring (bicyclic) bond motifs is 1. The van der Waals surface area contributed by atoms with Crippen LogP contribution >= 0.6 is 0 Å². The minimum atomic E-state index is -0.395. The molecule has 1 aliphatic heterocycles. The minimum absolute atomic E-state index is 0.000000000000000222. The molecule has 2 fully saturated rings. The Morgan fingerprint density at radius 2 is 2.27 bits per heavy atom. The summed E-state index contributed by atoms with van der Waals surface area (Å²) in [6, 6.07) is 0. The first-order chi connectivity index (χ1) is 5.11. The second-order valence-electron chi connectivity index (χ2n) is 3.05. The van der Waals surface area contributed by atoms with E-state index in [2.05, 4.69) is 32.6 Å². The van der Waals surface area contributed by atoms with Crippen molar-refractivity contribution in [3.8, 4) is 0 Å². The summed E-state index contributed by atoms with van der Waals surface area (Å²) in [5, 5.41) is 0.435. The Kier molecular flexibility index (Phi) is 1.51. The molecule has 0 N–H and O–H groups in total. The van der Waals surface area contributed by atoms with Gasteiger partial charge in [0, 0.05) is 5.92 Å². The lowest BCUT2D eigenvalue weighted by molar-refractivity contribution is -0.139. The molecule has 2 unspecified atom stereocenters. The monoisotopic (exact) mass is 177 g/mol. The van der Waals surface area contributed by atoms with E-state index < -0.39 is 4.28 Å². The van der Waals surface area contributed by atoms with Gasteiger partial charge in [-0.05, 0) is 16.1 Å². The van der Waals surface area contributed by atoms with Crippen molar-refractivity contribution in [1.29, 1.82) is 0 Å².